The molecule has 0 radical (unpaired) electrons. The third kappa shape index (κ3) is 2.44. The Balaban J connectivity index is 2.18. The molecule has 0 amide bonds. The summed E-state index contributed by atoms with van der Waals surface area (Å²) in [5.74, 6) is 2.31. The fourth-order valence-corrected chi connectivity index (χ4v) is 3.02. The van der Waals surface area contributed by atoms with E-state index in [4.69, 9.17) is 0 Å². The van der Waals surface area contributed by atoms with Gasteiger partial charge in [-0.2, -0.15) is 11.8 Å². The molecule has 2 rings (SSSR count). The van der Waals surface area contributed by atoms with Crippen LogP contribution in [0, 0.1) is 0 Å². The Morgan fingerprint density at radius 3 is 3.13 bits per heavy atom. The normalized spacial score (nSPS) is 21.8. The predicted octanol–water partition coefficient (Wildman–Crippen LogP) is 3.14. The van der Waals surface area contributed by atoms with Gasteiger partial charge in [-0.3, -0.25) is 0 Å². The van der Waals surface area contributed by atoms with E-state index < -0.39 is 0 Å². The van der Waals surface area contributed by atoms with Gasteiger partial charge < -0.3 is 5.32 Å². The van der Waals surface area contributed by atoms with Crippen molar-refractivity contribution in [3.05, 3.63) is 48.0 Å². The number of thioether (sulfide) groups is 1. The molecular weight excluding hydrogens is 202 g/mol. The van der Waals surface area contributed by atoms with Gasteiger partial charge in [0.15, 0.2) is 0 Å². The highest BCUT2D eigenvalue weighted by molar-refractivity contribution is 7.98. The molecule has 2 heteroatoms. The van der Waals surface area contributed by atoms with Gasteiger partial charge in [-0.1, -0.05) is 30.3 Å². The van der Waals surface area contributed by atoms with Gasteiger partial charge in [0.2, 0.25) is 0 Å². The van der Waals surface area contributed by atoms with E-state index in [0.29, 0.717) is 12.1 Å². The first-order valence-electron chi connectivity index (χ1n) is 5.35. The van der Waals surface area contributed by atoms with Crippen molar-refractivity contribution in [1.29, 1.82) is 0 Å². The van der Waals surface area contributed by atoms with E-state index in [1.807, 2.05) is 17.8 Å². The van der Waals surface area contributed by atoms with Gasteiger partial charge in [-0.25, -0.2) is 0 Å². The molecule has 1 aliphatic heterocycles. The van der Waals surface area contributed by atoms with Gasteiger partial charge in [-0.05, 0) is 18.1 Å². The van der Waals surface area contributed by atoms with Crippen LogP contribution in [0.1, 0.15) is 24.1 Å². The fourth-order valence-electron chi connectivity index (χ4n) is 1.91. The Hall–Kier alpha value is -0.730. The lowest BCUT2D eigenvalue weighted by molar-refractivity contribution is 0.538. The molecule has 15 heavy (non-hydrogen) atoms. The third-order valence-corrected chi connectivity index (χ3v) is 3.87. The van der Waals surface area contributed by atoms with Gasteiger partial charge in [0.1, 0.15) is 0 Å². The summed E-state index contributed by atoms with van der Waals surface area (Å²) in [6.45, 7) is 5.96. The van der Waals surface area contributed by atoms with Crippen molar-refractivity contribution >= 4 is 11.8 Å². The minimum atomic E-state index is 0.377. The van der Waals surface area contributed by atoms with Crippen LogP contribution in [0.3, 0.4) is 0 Å². The van der Waals surface area contributed by atoms with E-state index in [1.54, 1.807) is 0 Å². The maximum Gasteiger partial charge on any atom is 0.0419 e. The topological polar surface area (TPSA) is 12.0 Å². The molecule has 1 N–H and O–H groups in total. The fraction of sp³-hybridized carbons (Fsp3) is 0.385. The zero-order valence-corrected chi connectivity index (χ0v) is 9.89. The maximum atomic E-state index is 3.81. The van der Waals surface area contributed by atoms with Gasteiger partial charge in [0.25, 0.3) is 0 Å². The summed E-state index contributed by atoms with van der Waals surface area (Å²) in [6, 6.07) is 9.58. The molecule has 2 atom stereocenters. The molecule has 1 aromatic rings. The monoisotopic (exact) mass is 219 g/mol. The zero-order valence-electron chi connectivity index (χ0n) is 9.07. The van der Waals surface area contributed by atoms with Crippen LogP contribution in [-0.2, 0) is 5.75 Å². The molecule has 0 saturated heterocycles. The summed E-state index contributed by atoms with van der Waals surface area (Å²) in [5.41, 5.74) is 2.94. The van der Waals surface area contributed by atoms with Crippen LogP contribution in [0.15, 0.2) is 36.9 Å². The second-order valence-corrected chi connectivity index (χ2v) is 4.99. The van der Waals surface area contributed by atoms with E-state index in [1.165, 1.54) is 11.1 Å². The molecule has 0 aromatic heterocycles. The first-order chi connectivity index (χ1) is 7.31. The molecule has 0 aliphatic carbocycles. The minimum Gasteiger partial charge on any atom is -0.303 e. The molecule has 0 bridgehead atoms. The van der Waals surface area contributed by atoms with Crippen molar-refractivity contribution in [3.63, 3.8) is 0 Å². The Morgan fingerprint density at radius 2 is 2.33 bits per heavy atom. The SMILES string of the molecule is C=CC(C)NC1CSCc2ccccc21. The van der Waals surface area contributed by atoms with Crippen molar-refractivity contribution < 1.29 is 0 Å². The minimum absolute atomic E-state index is 0.377. The van der Waals surface area contributed by atoms with E-state index in [0.717, 1.165) is 11.5 Å². The van der Waals surface area contributed by atoms with Crippen LogP contribution in [0.2, 0.25) is 0 Å². The number of rotatable bonds is 3. The molecule has 0 saturated carbocycles. The molecule has 0 fully saturated rings. The molecule has 1 aliphatic rings. The van der Waals surface area contributed by atoms with Crippen molar-refractivity contribution in [1.82, 2.24) is 5.32 Å². The first-order valence-corrected chi connectivity index (χ1v) is 6.51. The van der Waals surface area contributed by atoms with Crippen LogP contribution in [0.25, 0.3) is 0 Å². The van der Waals surface area contributed by atoms with E-state index in [2.05, 4.69) is 43.1 Å². The van der Waals surface area contributed by atoms with E-state index in [-0.39, 0.29) is 0 Å². The van der Waals surface area contributed by atoms with Gasteiger partial charge >= 0.3 is 0 Å². The Labute approximate surface area is 96.0 Å². The average molecular weight is 219 g/mol. The number of benzene rings is 1. The van der Waals surface area contributed by atoms with Crippen LogP contribution in [0.4, 0.5) is 0 Å². The zero-order chi connectivity index (χ0) is 10.7. The van der Waals surface area contributed by atoms with E-state index in [9.17, 15) is 0 Å². The van der Waals surface area contributed by atoms with Gasteiger partial charge in [0.05, 0.1) is 0 Å². The lowest BCUT2D eigenvalue weighted by atomic mass is 10.0. The standard InChI is InChI=1S/C13H17NS/c1-3-10(2)14-13-9-15-8-11-6-4-5-7-12(11)13/h3-7,10,13-14H,1,8-9H2,2H3. The summed E-state index contributed by atoms with van der Waals surface area (Å²) in [5, 5.41) is 3.59. The smallest absolute Gasteiger partial charge is 0.0419 e. The Bertz CT molecular complexity index is 348. The summed E-state index contributed by atoms with van der Waals surface area (Å²) < 4.78 is 0. The Morgan fingerprint density at radius 1 is 1.53 bits per heavy atom. The van der Waals surface area contributed by atoms with Crippen LogP contribution in [0.5, 0.6) is 0 Å². The summed E-state index contributed by atoms with van der Waals surface area (Å²) in [6.07, 6.45) is 1.96. The number of hydrogen-bond donors (Lipinski definition) is 1. The maximum absolute atomic E-state index is 3.81. The molecule has 0 spiro atoms. The second-order valence-electron chi connectivity index (χ2n) is 3.96. The van der Waals surface area contributed by atoms with Crippen LogP contribution in [-0.4, -0.2) is 11.8 Å². The summed E-state index contributed by atoms with van der Waals surface area (Å²) in [4.78, 5) is 0. The van der Waals surface area contributed by atoms with Crippen molar-refractivity contribution in [2.75, 3.05) is 5.75 Å². The molecule has 1 aromatic carbocycles. The average Bonchev–Trinajstić information content (AvgIpc) is 2.29. The van der Waals surface area contributed by atoms with Crippen molar-refractivity contribution in [2.24, 2.45) is 0 Å². The number of nitrogens with one attached hydrogen (secondary N) is 1. The highest BCUT2D eigenvalue weighted by Crippen LogP contribution is 2.31. The quantitative estimate of drug-likeness (QED) is 0.784. The highest BCUT2D eigenvalue weighted by atomic mass is 32.2. The Kier molecular flexibility index (Phi) is 3.49. The lowest BCUT2D eigenvalue weighted by Gasteiger charge is -2.27. The first kappa shape index (κ1) is 10.8. The van der Waals surface area contributed by atoms with Crippen LogP contribution < -0.4 is 5.32 Å². The molecule has 80 valence electrons. The second kappa shape index (κ2) is 4.86. The molecular formula is C13H17NS. The number of hydrogen-bond acceptors (Lipinski definition) is 2. The molecule has 1 nitrogen and oxygen atoms in total. The largest absolute Gasteiger partial charge is 0.303 e. The van der Waals surface area contributed by atoms with Crippen molar-refractivity contribution in [2.45, 2.75) is 24.8 Å². The lowest BCUT2D eigenvalue weighted by Crippen LogP contribution is -2.32. The van der Waals surface area contributed by atoms with Crippen LogP contribution >= 0.6 is 11.8 Å². The van der Waals surface area contributed by atoms with Gasteiger partial charge in [0, 0.05) is 23.6 Å². The molecule has 1 heterocycles. The van der Waals surface area contributed by atoms with E-state index >= 15 is 0 Å². The third-order valence-electron chi connectivity index (χ3n) is 2.79. The van der Waals surface area contributed by atoms with Crippen molar-refractivity contribution in [3.8, 4) is 0 Å². The highest BCUT2D eigenvalue weighted by Gasteiger charge is 2.20. The molecule has 2 unspecified atom stereocenters. The predicted molar refractivity (Wildman–Crippen MR) is 68.1 cm³/mol. The summed E-state index contributed by atoms with van der Waals surface area (Å²) >= 11 is 2.00. The number of fused-ring (bicyclic) bond motifs is 1. The summed E-state index contributed by atoms with van der Waals surface area (Å²) in [7, 11) is 0. The van der Waals surface area contributed by atoms with Gasteiger partial charge in [-0.15, -0.1) is 6.58 Å².